The second-order valence-electron chi connectivity index (χ2n) is 2.75. The molecule has 0 spiro atoms. The smallest absolute Gasteiger partial charge is 0.133 e. The third-order valence-electron chi connectivity index (χ3n) is 1.70. The highest BCUT2D eigenvalue weighted by Gasteiger charge is 2.06. The molecule has 0 aromatic carbocycles. The minimum atomic E-state index is 0.164. The summed E-state index contributed by atoms with van der Waals surface area (Å²) in [6.45, 7) is 0.164. The van der Waals surface area contributed by atoms with Gasteiger partial charge in [0, 0.05) is 28.3 Å². The summed E-state index contributed by atoms with van der Waals surface area (Å²) in [5, 5.41) is 13.8. The molecule has 0 aliphatic heterocycles. The molecule has 0 aliphatic carbocycles. The standard InChI is InChI=1S/C9H8BrNOS2/c10-6-3-8(13-4-6)9-11-7(1-2-12)5-14-9/h3-5,12H,1-2H2. The van der Waals surface area contributed by atoms with Crippen LogP contribution in [0.25, 0.3) is 9.88 Å². The predicted molar refractivity (Wildman–Crippen MR) is 63.9 cm³/mol. The highest BCUT2D eigenvalue weighted by atomic mass is 79.9. The van der Waals surface area contributed by atoms with E-state index < -0.39 is 0 Å². The summed E-state index contributed by atoms with van der Waals surface area (Å²) in [5.41, 5.74) is 0.969. The Morgan fingerprint density at radius 2 is 2.21 bits per heavy atom. The lowest BCUT2D eigenvalue weighted by Crippen LogP contribution is -1.89. The Hall–Kier alpha value is -0.230. The highest BCUT2D eigenvalue weighted by Crippen LogP contribution is 2.31. The van der Waals surface area contributed by atoms with Crippen LogP contribution in [0.1, 0.15) is 5.69 Å². The van der Waals surface area contributed by atoms with Crippen LogP contribution in [0, 0.1) is 0 Å². The van der Waals surface area contributed by atoms with Crippen molar-refractivity contribution in [2.45, 2.75) is 6.42 Å². The maximum Gasteiger partial charge on any atom is 0.133 e. The Morgan fingerprint density at radius 3 is 2.86 bits per heavy atom. The van der Waals surface area contributed by atoms with Gasteiger partial charge in [0.1, 0.15) is 5.01 Å². The molecule has 0 atom stereocenters. The van der Waals surface area contributed by atoms with Crippen LogP contribution in [-0.4, -0.2) is 16.7 Å². The van der Waals surface area contributed by atoms with Crippen LogP contribution in [0.15, 0.2) is 21.3 Å². The zero-order valence-corrected chi connectivity index (χ0v) is 10.5. The van der Waals surface area contributed by atoms with Crippen molar-refractivity contribution in [3.05, 3.63) is 27.0 Å². The molecule has 0 fully saturated rings. The number of hydrogen-bond acceptors (Lipinski definition) is 4. The van der Waals surface area contributed by atoms with Crippen molar-refractivity contribution in [2.75, 3.05) is 6.61 Å². The van der Waals surface area contributed by atoms with Crippen LogP contribution in [-0.2, 0) is 6.42 Å². The third kappa shape index (κ3) is 2.23. The largest absolute Gasteiger partial charge is 0.396 e. The summed E-state index contributed by atoms with van der Waals surface area (Å²) in [6.07, 6.45) is 0.642. The Balaban J connectivity index is 2.24. The molecule has 5 heteroatoms. The Labute approximate surface area is 98.4 Å². The summed E-state index contributed by atoms with van der Waals surface area (Å²) >= 11 is 6.71. The van der Waals surface area contributed by atoms with Crippen LogP contribution in [0.3, 0.4) is 0 Å². The number of thiazole rings is 1. The first kappa shape index (κ1) is 10.3. The summed E-state index contributed by atoms with van der Waals surface area (Å²) < 4.78 is 1.09. The lowest BCUT2D eigenvalue weighted by Gasteiger charge is -1.88. The SMILES string of the molecule is OCCc1csc(-c2cc(Br)cs2)n1. The molecule has 2 rings (SSSR count). The molecule has 74 valence electrons. The summed E-state index contributed by atoms with van der Waals surface area (Å²) in [7, 11) is 0. The van der Waals surface area contributed by atoms with Gasteiger partial charge in [-0.2, -0.15) is 0 Å². The zero-order valence-electron chi connectivity index (χ0n) is 7.24. The van der Waals surface area contributed by atoms with E-state index in [0.717, 1.165) is 15.2 Å². The number of thiophene rings is 1. The summed E-state index contributed by atoms with van der Waals surface area (Å²) in [6, 6.07) is 2.06. The van der Waals surface area contributed by atoms with Crippen LogP contribution in [0.5, 0.6) is 0 Å². The van der Waals surface area contributed by atoms with E-state index in [-0.39, 0.29) is 6.61 Å². The van der Waals surface area contributed by atoms with Crippen molar-refractivity contribution in [3.8, 4) is 9.88 Å². The quantitative estimate of drug-likeness (QED) is 0.942. The Bertz CT molecular complexity index is 424. The van der Waals surface area contributed by atoms with E-state index in [1.165, 1.54) is 4.88 Å². The molecule has 2 nitrogen and oxygen atoms in total. The first-order valence-corrected chi connectivity index (χ1v) is 6.64. The maximum absolute atomic E-state index is 8.76. The van der Waals surface area contributed by atoms with Gasteiger partial charge >= 0.3 is 0 Å². The van der Waals surface area contributed by atoms with Crippen LogP contribution < -0.4 is 0 Å². The van der Waals surface area contributed by atoms with Gasteiger partial charge in [-0.15, -0.1) is 22.7 Å². The topological polar surface area (TPSA) is 33.1 Å². The molecule has 0 amide bonds. The van der Waals surface area contributed by atoms with E-state index in [0.29, 0.717) is 6.42 Å². The van der Waals surface area contributed by atoms with E-state index in [4.69, 9.17) is 5.11 Å². The van der Waals surface area contributed by atoms with Gasteiger partial charge in [0.25, 0.3) is 0 Å². The van der Waals surface area contributed by atoms with Crippen molar-refractivity contribution < 1.29 is 5.11 Å². The van der Waals surface area contributed by atoms with Gasteiger partial charge in [-0.3, -0.25) is 0 Å². The lowest BCUT2D eigenvalue weighted by molar-refractivity contribution is 0.298. The van der Waals surface area contributed by atoms with Crippen molar-refractivity contribution in [1.29, 1.82) is 0 Å². The monoisotopic (exact) mass is 289 g/mol. The van der Waals surface area contributed by atoms with Gasteiger partial charge in [0.2, 0.25) is 0 Å². The molecular formula is C9H8BrNOS2. The number of aromatic nitrogens is 1. The van der Waals surface area contributed by atoms with Crippen LogP contribution >= 0.6 is 38.6 Å². The fourth-order valence-electron chi connectivity index (χ4n) is 1.07. The molecule has 0 radical (unpaired) electrons. The number of rotatable bonds is 3. The molecule has 0 saturated carbocycles. The van der Waals surface area contributed by atoms with E-state index in [1.807, 2.05) is 10.8 Å². The number of nitrogens with zero attached hydrogens (tertiary/aromatic N) is 1. The van der Waals surface area contributed by atoms with Gasteiger partial charge in [-0.1, -0.05) is 0 Å². The molecular weight excluding hydrogens is 282 g/mol. The van der Waals surface area contributed by atoms with Gasteiger partial charge in [0.15, 0.2) is 0 Å². The molecule has 0 unspecified atom stereocenters. The number of halogens is 1. The number of hydrogen-bond donors (Lipinski definition) is 1. The van der Waals surface area contributed by atoms with Gasteiger partial charge in [-0.25, -0.2) is 4.98 Å². The molecule has 2 aromatic heterocycles. The van der Waals surface area contributed by atoms with Crippen molar-refractivity contribution >= 4 is 38.6 Å². The second-order valence-corrected chi connectivity index (χ2v) is 5.43. The average molecular weight is 290 g/mol. The van der Waals surface area contributed by atoms with Crippen LogP contribution in [0.4, 0.5) is 0 Å². The Morgan fingerprint density at radius 1 is 1.36 bits per heavy atom. The number of aliphatic hydroxyl groups excluding tert-OH is 1. The molecule has 0 aliphatic rings. The number of aliphatic hydroxyl groups is 1. The van der Waals surface area contributed by atoms with E-state index >= 15 is 0 Å². The normalized spacial score (nSPS) is 10.7. The van der Waals surface area contributed by atoms with Gasteiger partial charge in [-0.05, 0) is 22.0 Å². The summed E-state index contributed by atoms with van der Waals surface area (Å²) in [5.74, 6) is 0. The third-order valence-corrected chi connectivity index (χ3v) is 4.45. The predicted octanol–water partition coefficient (Wildman–Crippen LogP) is 3.17. The molecule has 14 heavy (non-hydrogen) atoms. The molecule has 1 N–H and O–H groups in total. The molecule has 2 heterocycles. The summed E-state index contributed by atoms with van der Waals surface area (Å²) in [4.78, 5) is 5.60. The first-order chi connectivity index (χ1) is 6.79. The fourth-order valence-corrected chi connectivity index (χ4v) is 3.44. The Kier molecular flexibility index (Phi) is 3.33. The maximum atomic E-state index is 8.76. The zero-order chi connectivity index (χ0) is 9.97. The fraction of sp³-hybridized carbons (Fsp3) is 0.222. The van der Waals surface area contributed by atoms with E-state index in [1.54, 1.807) is 22.7 Å². The molecule has 0 saturated heterocycles. The minimum absolute atomic E-state index is 0.164. The van der Waals surface area contributed by atoms with Gasteiger partial charge < -0.3 is 5.11 Å². The minimum Gasteiger partial charge on any atom is -0.396 e. The van der Waals surface area contributed by atoms with E-state index in [2.05, 4.69) is 27.0 Å². The molecule has 0 bridgehead atoms. The van der Waals surface area contributed by atoms with Crippen LogP contribution in [0.2, 0.25) is 0 Å². The highest BCUT2D eigenvalue weighted by molar-refractivity contribution is 9.10. The molecule has 2 aromatic rings. The second kappa shape index (κ2) is 4.53. The van der Waals surface area contributed by atoms with Gasteiger partial charge in [0.05, 0.1) is 10.6 Å². The first-order valence-electron chi connectivity index (χ1n) is 4.09. The van der Waals surface area contributed by atoms with Crippen molar-refractivity contribution in [2.24, 2.45) is 0 Å². The van der Waals surface area contributed by atoms with Crippen molar-refractivity contribution in [3.63, 3.8) is 0 Å². The van der Waals surface area contributed by atoms with Crippen molar-refractivity contribution in [1.82, 2.24) is 4.98 Å². The average Bonchev–Trinajstić information content (AvgIpc) is 2.74. The van der Waals surface area contributed by atoms with E-state index in [9.17, 15) is 0 Å². The lowest BCUT2D eigenvalue weighted by atomic mass is 10.4.